The van der Waals surface area contributed by atoms with E-state index in [2.05, 4.69) is 22.0 Å². The van der Waals surface area contributed by atoms with Gasteiger partial charge in [0, 0.05) is 45.1 Å². The van der Waals surface area contributed by atoms with Crippen molar-refractivity contribution >= 4 is 39.6 Å². The lowest BCUT2D eigenvalue weighted by molar-refractivity contribution is 0.0127. The number of hydrogen-bond donors (Lipinski definition) is 1. The molecule has 1 amide bonds. The fraction of sp³-hybridized carbons (Fsp3) is 0.333. The van der Waals surface area contributed by atoms with Crippen LogP contribution in [0.25, 0.3) is 21.8 Å². The molecule has 10 heteroatoms. The van der Waals surface area contributed by atoms with Crippen molar-refractivity contribution in [3.63, 3.8) is 0 Å². The largest absolute Gasteiger partial charge is 0.488 e. The van der Waals surface area contributed by atoms with Crippen LogP contribution in [0.3, 0.4) is 0 Å². The first kappa shape index (κ1) is 33.3. The van der Waals surface area contributed by atoms with E-state index >= 15 is 0 Å². The Labute approximate surface area is 286 Å². The standard InChI is InChI=1S/C39H41N5O5/c1-25-42-33-20-34(41-23-26-10-12-27(13-11-26)37(45)47-5)36(48-30-16-18-43(19-17-30)38(46)49-39(2,3)4)21-35(33)44(25)24-29-15-14-28(22-40)31-8-6-7-9-32(29)31/h6-15,20-21,30,41H,16-19,23-24H2,1-5H3. The number of imidazole rings is 1. The Morgan fingerprint density at radius 3 is 2.39 bits per heavy atom. The molecule has 0 atom stereocenters. The summed E-state index contributed by atoms with van der Waals surface area (Å²) in [5, 5.41) is 15.2. The minimum Gasteiger partial charge on any atom is -0.488 e. The van der Waals surface area contributed by atoms with Gasteiger partial charge in [-0.25, -0.2) is 14.6 Å². The highest BCUT2D eigenvalue weighted by Crippen LogP contribution is 2.35. The zero-order valence-electron chi connectivity index (χ0n) is 28.6. The zero-order chi connectivity index (χ0) is 34.7. The molecule has 1 aromatic heterocycles. The van der Waals surface area contributed by atoms with Crippen molar-refractivity contribution in [2.24, 2.45) is 0 Å². The maximum atomic E-state index is 12.7. The number of nitrogens with one attached hydrogen (secondary N) is 1. The van der Waals surface area contributed by atoms with Crippen molar-refractivity contribution in [1.29, 1.82) is 5.26 Å². The molecule has 1 aliphatic rings. The smallest absolute Gasteiger partial charge is 0.410 e. The predicted molar refractivity (Wildman–Crippen MR) is 189 cm³/mol. The van der Waals surface area contributed by atoms with Crippen LogP contribution in [0.15, 0.2) is 72.8 Å². The average Bonchev–Trinajstić information content (AvgIpc) is 3.39. The van der Waals surface area contributed by atoms with Crippen molar-refractivity contribution in [3.8, 4) is 11.8 Å². The molecule has 0 spiro atoms. The van der Waals surface area contributed by atoms with E-state index in [1.807, 2.05) is 82.3 Å². The number of esters is 1. The van der Waals surface area contributed by atoms with Crippen molar-refractivity contribution in [2.75, 3.05) is 25.5 Å². The molecule has 1 fully saturated rings. The predicted octanol–water partition coefficient (Wildman–Crippen LogP) is 7.59. The first-order valence-corrected chi connectivity index (χ1v) is 16.5. The number of methoxy groups -OCH3 is 1. The van der Waals surface area contributed by atoms with Crippen LogP contribution in [0.5, 0.6) is 5.75 Å². The number of nitriles is 1. The molecule has 0 bridgehead atoms. The highest BCUT2D eigenvalue weighted by Gasteiger charge is 2.28. The molecule has 4 aromatic carbocycles. The number of ether oxygens (including phenoxy) is 3. The van der Waals surface area contributed by atoms with E-state index < -0.39 is 5.60 Å². The number of benzene rings is 4. The van der Waals surface area contributed by atoms with E-state index in [1.54, 1.807) is 17.0 Å². The van der Waals surface area contributed by atoms with E-state index in [9.17, 15) is 14.9 Å². The Bertz CT molecular complexity index is 2050. The molecule has 1 N–H and O–H groups in total. The van der Waals surface area contributed by atoms with Crippen LogP contribution < -0.4 is 10.1 Å². The number of fused-ring (bicyclic) bond motifs is 2. The zero-order valence-corrected chi connectivity index (χ0v) is 28.6. The fourth-order valence-electron chi connectivity index (χ4n) is 6.21. The average molecular weight is 660 g/mol. The lowest BCUT2D eigenvalue weighted by Gasteiger charge is -2.33. The van der Waals surface area contributed by atoms with Crippen LogP contribution >= 0.6 is 0 Å². The van der Waals surface area contributed by atoms with Gasteiger partial charge in [-0.1, -0.05) is 42.5 Å². The second-order valence-corrected chi connectivity index (χ2v) is 13.3. The molecule has 49 heavy (non-hydrogen) atoms. The van der Waals surface area contributed by atoms with Gasteiger partial charge < -0.3 is 29.0 Å². The van der Waals surface area contributed by atoms with E-state index in [-0.39, 0.29) is 18.2 Å². The number of aryl methyl sites for hydroxylation is 1. The molecule has 252 valence electrons. The normalized spacial score (nSPS) is 13.7. The summed E-state index contributed by atoms with van der Waals surface area (Å²) < 4.78 is 19.3. The molecule has 0 aliphatic carbocycles. The summed E-state index contributed by atoms with van der Waals surface area (Å²) in [5.41, 5.74) is 5.22. The molecular formula is C39H41N5O5. The topological polar surface area (TPSA) is 119 Å². The number of rotatable bonds is 8. The summed E-state index contributed by atoms with van der Waals surface area (Å²) in [6.45, 7) is 9.76. The van der Waals surface area contributed by atoms with Crippen molar-refractivity contribution in [1.82, 2.24) is 14.5 Å². The summed E-state index contributed by atoms with van der Waals surface area (Å²) in [6, 6.07) is 25.5. The van der Waals surface area contributed by atoms with E-state index in [0.717, 1.165) is 44.4 Å². The number of nitrogens with zero attached hydrogens (tertiary/aromatic N) is 4. The minimum atomic E-state index is -0.550. The molecule has 0 saturated carbocycles. The maximum Gasteiger partial charge on any atom is 0.410 e. The van der Waals surface area contributed by atoms with Gasteiger partial charge in [-0.3, -0.25) is 0 Å². The quantitative estimate of drug-likeness (QED) is 0.169. The van der Waals surface area contributed by atoms with Crippen molar-refractivity contribution in [2.45, 2.75) is 65.3 Å². The Morgan fingerprint density at radius 2 is 1.71 bits per heavy atom. The molecule has 0 unspecified atom stereocenters. The van der Waals surface area contributed by atoms with Gasteiger partial charge in [0.25, 0.3) is 0 Å². The first-order valence-electron chi connectivity index (χ1n) is 16.5. The second kappa shape index (κ2) is 13.9. The lowest BCUT2D eigenvalue weighted by Crippen LogP contribution is -2.44. The monoisotopic (exact) mass is 659 g/mol. The van der Waals surface area contributed by atoms with Gasteiger partial charge in [0.05, 0.1) is 41.0 Å². The second-order valence-electron chi connectivity index (χ2n) is 13.3. The SMILES string of the molecule is COC(=O)c1ccc(CNc2cc3nc(C)n(Cc4ccc(C#N)c5ccccc45)c3cc2OC2CCN(C(=O)OC(C)(C)C)CC2)cc1. The third-order valence-electron chi connectivity index (χ3n) is 8.75. The number of piperidine rings is 1. The summed E-state index contributed by atoms with van der Waals surface area (Å²) in [6.07, 6.45) is 0.932. The van der Waals surface area contributed by atoms with E-state index in [4.69, 9.17) is 19.2 Å². The number of amides is 1. The fourth-order valence-corrected chi connectivity index (χ4v) is 6.21. The maximum absolute atomic E-state index is 12.7. The van der Waals surface area contributed by atoms with Crippen LogP contribution in [-0.2, 0) is 22.6 Å². The van der Waals surface area contributed by atoms with Crippen LogP contribution in [0.2, 0.25) is 0 Å². The molecule has 10 nitrogen and oxygen atoms in total. The van der Waals surface area contributed by atoms with Crippen LogP contribution in [0, 0.1) is 18.3 Å². The van der Waals surface area contributed by atoms with Gasteiger partial charge in [-0.2, -0.15) is 5.26 Å². The molecular weight excluding hydrogens is 618 g/mol. The Balaban J connectivity index is 1.30. The highest BCUT2D eigenvalue weighted by atomic mass is 16.6. The first-order chi connectivity index (χ1) is 23.5. The van der Waals surface area contributed by atoms with Gasteiger partial charge in [-0.05, 0) is 73.9 Å². The summed E-state index contributed by atoms with van der Waals surface area (Å²) in [5.74, 6) is 1.18. The summed E-state index contributed by atoms with van der Waals surface area (Å²) in [7, 11) is 1.37. The third-order valence-corrected chi connectivity index (χ3v) is 8.75. The van der Waals surface area contributed by atoms with Crippen LogP contribution in [0.4, 0.5) is 10.5 Å². The summed E-state index contributed by atoms with van der Waals surface area (Å²) in [4.78, 5) is 31.3. The molecule has 0 radical (unpaired) electrons. The molecule has 5 aromatic rings. The van der Waals surface area contributed by atoms with Crippen molar-refractivity contribution in [3.05, 3.63) is 101 Å². The van der Waals surface area contributed by atoms with E-state index in [0.29, 0.717) is 55.9 Å². The van der Waals surface area contributed by atoms with Gasteiger partial charge in [0.15, 0.2) is 0 Å². The molecule has 1 aliphatic heterocycles. The van der Waals surface area contributed by atoms with Crippen LogP contribution in [0.1, 0.15) is 66.5 Å². The molecule has 1 saturated heterocycles. The van der Waals surface area contributed by atoms with Gasteiger partial charge in [0.1, 0.15) is 23.3 Å². The Kier molecular flexibility index (Phi) is 9.45. The number of anilines is 1. The number of hydrogen-bond acceptors (Lipinski definition) is 8. The number of carbonyl (C=O) groups is 2. The van der Waals surface area contributed by atoms with Crippen LogP contribution in [-0.4, -0.2) is 58.4 Å². The Hall–Kier alpha value is -5.56. The van der Waals surface area contributed by atoms with E-state index in [1.165, 1.54) is 7.11 Å². The van der Waals surface area contributed by atoms with Gasteiger partial charge >= 0.3 is 12.1 Å². The third kappa shape index (κ3) is 7.46. The molecule has 2 heterocycles. The minimum absolute atomic E-state index is 0.101. The molecule has 6 rings (SSSR count). The number of likely N-dealkylation sites (tertiary alicyclic amines) is 1. The van der Waals surface area contributed by atoms with Crippen molar-refractivity contribution < 1.29 is 23.8 Å². The Morgan fingerprint density at radius 1 is 1.00 bits per heavy atom. The van der Waals surface area contributed by atoms with Gasteiger partial charge in [0.2, 0.25) is 0 Å². The highest BCUT2D eigenvalue weighted by molar-refractivity contribution is 5.91. The lowest BCUT2D eigenvalue weighted by atomic mass is 10.00. The number of aromatic nitrogens is 2. The number of carbonyl (C=O) groups excluding carboxylic acids is 2. The van der Waals surface area contributed by atoms with Gasteiger partial charge in [-0.15, -0.1) is 0 Å². The summed E-state index contributed by atoms with van der Waals surface area (Å²) >= 11 is 0.